The number of benzene rings is 2. The summed E-state index contributed by atoms with van der Waals surface area (Å²) in [5.74, 6) is 0.566. The second-order valence-corrected chi connectivity index (χ2v) is 6.01. The zero-order valence-corrected chi connectivity index (χ0v) is 14.6. The van der Waals surface area contributed by atoms with Gasteiger partial charge in [0.05, 0.1) is 7.11 Å². The highest BCUT2D eigenvalue weighted by molar-refractivity contribution is 7.98. The molecule has 1 aliphatic rings. The molecule has 6 nitrogen and oxygen atoms in total. The summed E-state index contributed by atoms with van der Waals surface area (Å²) < 4.78 is 20.8. The third-order valence-corrected chi connectivity index (χ3v) is 4.38. The predicted molar refractivity (Wildman–Crippen MR) is 92.0 cm³/mol. The fourth-order valence-corrected chi connectivity index (χ4v) is 2.76. The lowest BCUT2D eigenvalue weighted by Crippen LogP contribution is -2.15. The Balaban J connectivity index is 1.67. The Morgan fingerprint density at radius 1 is 1.12 bits per heavy atom. The van der Waals surface area contributed by atoms with Gasteiger partial charge in [-0.3, -0.25) is 4.79 Å². The van der Waals surface area contributed by atoms with Crippen molar-refractivity contribution in [3.8, 4) is 17.2 Å². The molecule has 25 heavy (non-hydrogen) atoms. The minimum Gasteiger partial charge on any atom is -0.496 e. The van der Waals surface area contributed by atoms with E-state index < -0.39 is 5.97 Å². The highest BCUT2D eigenvalue weighted by Crippen LogP contribution is 2.32. The van der Waals surface area contributed by atoms with Gasteiger partial charge in [-0.05, 0) is 42.7 Å². The maximum Gasteiger partial charge on any atom is 0.342 e. The maximum atomic E-state index is 12.2. The van der Waals surface area contributed by atoms with Crippen LogP contribution in [0.2, 0.25) is 0 Å². The van der Waals surface area contributed by atoms with Crippen molar-refractivity contribution in [2.75, 3.05) is 26.8 Å². The van der Waals surface area contributed by atoms with Crippen LogP contribution in [0.4, 0.5) is 0 Å². The number of ether oxygens (including phenoxy) is 4. The van der Waals surface area contributed by atoms with E-state index in [1.807, 2.05) is 6.26 Å². The molecule has 0 spiro atoms. The number of carbonyl (C=O) groups is 2. The fraction of sp³-hybridized carbons (Fsp3) is 0.222. The van der Waals surface area contributed by atoms with Crippen molar-refractivity contribution < 1.29 is 28.5 Å². The van der Waals surface area contributed by atoms with Crippen molar-refractivity contribution in [3.63, 3.8) is 0 Å². The van der Waals surface area contributed by atoms with E-state index in [0.29, 0.717) is 22.8 Å². The molecule has 2 aromatic carbocycles. The summed E-state index contributed by atoms with van der Waals surface area (Å²) in [5, 5.41) is 0. The molecule has 1 heterocycles. The highest BCUT2D eigenvalue weighted by atomic mass is 32.2. The predicted octanol–water partition coefficient (Wildman–Crippen LogP) is 3.19. The first-order chi connectivity index (χ1) is 12.1. The van der Waals surface area contributed by atoms with Gasteiger partial charge in [0.25, 0.3) is 0 Å². The Morgan fingerprint density at radius 2 is 1.92 bits per heavy atom. The Kier molecular flexibility index (Phi) is 5.14. The molecular weight excluding hydrogens is 344 g/mol. The van der Waals surface area contributed by atoms with Gasteiger partial charge in [-0.15, -0.1) is 11.8 Å². The van der Waals surface area contributed by atoms with Gasteiger partial charge in [-0.1, -0.05) is 0 Å². The number of fused-ring (bicyclic) bond motifs is 1. The average molecular weight is 360 g/mol. The molecule has 0 radical (unpaired) electrons. The fourth-order valence-electron chi connectivity index (χ4n) is 2.33. The van der Waals surface area contributed by atoms with Crippen LogP contribution in [0.1, 0.15) is 20.7 Å². The molecule has 2 aromatic rings. The minimum atomic E-state index is -0.612. The number of methoxy groups -OCH3 is 1. The Bertz CT molecular complexity index is 817. The molecule has 0 fully saturated rings. The summed E-state index contributed by atoms with van der Waals surface area (Å²) in [5.41, 5.74) is 0.667. The molecule has 0 aromatic heterocycles. The van der Waals surface area contributed by atoms with Gasteiger partial charge in [0.1, 0.15) is 11.3 Å². The van der Waals surface area contributed by atoms with Crippen molar-refractivity contribution >= 4 is 23.5 Å². The molecule has 0 aliphatic carbocycles. The van der Waals surface area contributed by atoms with E-state index in [2.05, 4.69) is 0 Å². The molecule has 130 valence electrons. The first-order valence-electron chi connectivity index (χ1n) is 7.44. The average Bonchev–Trinajstić information content (AvgIpc) is 3.12. The van der Waals surface area contributed by atoms with Gasteiger partial charge in [-0.25, -0.2) is 4.79 Å². The van der Waals surface area contributed by atoms with Crippen molar-refractivity contribution in [1.82, 2.24) is 0 Å². The molecule has 7 heteroatoms. The minimum absolute atomic E-state index is 0.133. The van der Waals surface area contributed by atoms with Gasteiger partial charge >= 0.3 is 5.97 Å². The summed E-state index contributed by atoms with van der Waals surface area (Å²) >= 11 is 1.54. The lowest BCUT2D eigenvalue weighted by Gasteiger charge is -2.10. The van der Waals surface area contributed by atoms with Crippen molar-refractivity contribution in [2.24, 2.45) is 0 Å². The summed E-state index contributed by atoms with van der Waals surface area (Å²) in [6.45, 7) is -0.236. The zero-order chi connectivity index (χ0) is 17.8. The van der Waals surface area contributed by atoms with Crippen molar-refractivity contribution in [3.05, 3.63) is 47.5 Å². The maximum absolute atomic E-state index is 12.2. The molecule has 0 saturated carbocycles. The van der Waals surface area contributed by atoms with Gasteiger partial charge in [0.15, 0.2) is 23.9 Å². The van der Waals surface area contributed by atoms with E-state index in [-0.39, 0.29) is 24.7 Å². The highest BCUT2D eigenvalue weighted by Gasteiger charge is 2.19. The van der Waals surface area contributed by atoms with Crippen LogP contribution in [0, 0.1) is 0 Å². The molecule has 1 aliphatic heterocycles. The number of hydrogen-bond acceptors (Lipinski definition) is 7. The van der Waals surface area contributed by atoms with Gasteiger partial charge in [-0.2, -0.15) is 0 Å². The summed E-state index contributed by atoms with van der Waals surface area (Å²) in [7, 11) is 1.48. The molecule has 0 atom stereocenters. The monoisotopic (exact) mass is 360 g/mol. The van der Waals surface area contributed by atoms with Crippen LogP contribution in [0.3, 0.4) is 0 Å². The van der Waals surface area contributed by atoms with E-state index in [1.165, 1.54) is 18.9 Å². The molecule has 0 amide bonds. The first-order valence-corrected chi connectivity index (χ1v) is 8.67. The number of ketones is 1. The molecule has 3 rings (SSSR count). The SMILES string of the molecule is COc1cc(SC)ccc1C(=O)OCC(=O)c1ccc2c(c1)OCO2. The van der Waals surface area contributed by atoms with E-state index >= 15 is 0 Å². The third kappa shape index (κ3) is 3.71. The number of hydrogen-bond donors (Lipinski definition) is 0. The molecule has 0 N–H and O–H groups in total. The number of Topliss-reactive ketones (excluding diaryl/α,β-unsaturated/α-hetero) is 1. The number of rotatable bonds is 6. The van der Waals surface area contributed by atoms with E-state index in [4.69, 9.17) is 18.9 Å². The topological polar surface area (TPSA) is 71.1 Å². The van der Waals surface area contributed by atoms with Crippen LogP contribution in [0.15, 0.2) is 41.3 Å². The van der Waals surface area contributed by atoms with Crippen LogP contribution in [-0.2, 0) is 4.74 Å². The van der Waals surface area contributed by atoms with Crippen LogP contribution >= 0.6 is 11.8 Å². The molecule has 0 unspecified atom stereocenters. The largest absolute Gasteiger partial charge is 0.496 e. The second-order valence-electron chi connectivity index (χ2n) is 5.13. The van der Waals surface area contributed by atoms with E-state index in [1.54, 1.807) is 36.4 Å². The molecule has 0 saturated heterocycles. The van der Waals surface area contributed by atoms with Crippen molar-refractivity contribution in [2.45, 2.75) is 4.90 Å². The second kappa shape index (κ2) is 7.48. The number of carbonyl (C=O) groups excluding carboxylic acids is 2. The summed E-state index contributed by atoms with van der Waals surface area (Å²) in [6, 6.07) is 10.0. The van der Waals surface area contributed by atoms with Crippen LogP contribution < -0.4 is 14.2 Å². The van der Waals surface area contributed by atoms with Gasteiger partial charge in [0.2, 0.25) is 6.79 Å². The summed E-state index contributed by atoms with van der Waals surface area (Å²) in [6.07, 6.45) is 1.93. The van der Waals surface area contributed by atoms with E-state index in [0.717, 1.165) is 4.90 Å². The summed E-state index contributed by atoms with van der Waals surface area (Å²) in [4.78, 5) is 25.4. The van der Waals surface area contributed by atoms with E-state index in [9.17, 15) is 9.59 Å². The molecular formula is C18H16O6S. The molecule has 0 bridgehead atoms. The lowest BCUT2D eigenvalue weighted by atomic mass is 10.1. The smallest absolute Gasteiger partial charge is 0.342 e. The van der Waals surface area contributed by atoms with Crippen LogP contribution in [0.25, 0.3) is 0 Å². The standard InChI is InChI=1S/C18H16O6S/c1-21-16-8-12(25-2)4-5-13(16)18(20)22-9-14(19)11-3-6-15-17(7-11)24-10-23-15/h3-8H,9-10H2,1-2H3. The Morgan fingerprint density at radius 3 is 2.68 bits per heavy atom. The third-order valence-electron chi connectivity index (χ3n) is 3.66. The van der Waals surface area contributed by atoms with Crippen LogP contribution in [-0.4, -0.2) is 38.5 Å². The normalized spacial score (nSPS) is 11.9. The van der Waals surface area contributed by atoms with Crippen molar-refractivity contribution in [1.29, 1.82) is 0 Å². The zero-order valence-electron chi connectivity index (χ0n) is 13.7. The first kappa shape index (κ1) is 17.2. The van der Waals surface area contributed by atoms with Crippen LogP contribution in [0.5, 0.6) is 17.2 Å². The number of esters is 1. The Hall–Kier alpha value is -2.67. The Labute approximate surface area is 149 Å². The lowest BCUT2D eigenvalue weighted by molar-refractivity contribution is 0.0471. The quantitative estimate of drug-likeness (QED) is 0.445. The number of thioether (sulfide) groups is 1. The van der Waals surface area contributed by atoms with Gasteiger partial charge < -0.3 is 18.9 Å². The van der Waals surface area contributed by atoms with Gasteiger partial charge in [0, 0.05) is 10.5 Å².